The van der Waals surface area contributed by atoms with Crippen LogP contribution < -0.4 is 0 Å². The van der Waals surface area contributed by atoms with Gasteiger partial charge in [-0.15, -0.1) is 0 Å². The van der Waals surface area contributed by atoms with Crippen molar-refractivity contribution in [3.8, 4) is 0 Å². The summed E-state index contributed by atoms with van der Waals surface area (Å²) in [6.45, 7) is 5.38. The molecule has 0 spiro atoms. The van der Waals surface area contributed by atoms with Crippen molar-refractivity contribution in [2.45, 2.75) is 39.3 Å². The second-order valence-electron chi connectivity index (χ2n) is 5.68. The highest BCUT2D eigenvalue weighted by molar-refractivity contribution is 7.07. The van der Waals surface area contributed by atoms with Gasteiger partial charge in [0, 0.05) is 29.5 Å². The van der Waals surface area contributed by atoms with E-state index in [1.54, 1.807) is 11.3 Å². The maximum absolute atomic E-state index is 12.5. The molecule has 1 N–H and O–H groups in total. The monoisotopic (exact) mass is 288 g/mol. The third-order valence-electron chi connectivity index (χ3n) is 3.83. The minimum absolute atomic E-state index is 0.231. The highest BCUT2D eigenvalue weighted by atomic mass is 32.1. The van der Waals surface area contributed by atoms with Crippen LogP contribution in [0.3, 0.4) is 0 Å². The molecule has 0 aliphatic heterocycles. The van der Waals surface area contributed by atoms with E-state index in [9.17, 15) is 4.79 Å². The number of thiophene rings is 1. The van der Waals surface area contributed by atoms with Crippen molar-refractivity contribution < 1.29 is 4.79 Å². The maximum atomic E-state index is 12.5. The molecule has 0 bridgehead atoms. The summed E-state index contributed by atoms with van der Waals surface area (Å²) in [6, 6.07) is 4.71. The van der Waals surface area contributed by atoms with Crippen LogP contribution >= 0.6 is 11.3 Å². The third kappa shape index (κ3) is 3.02. The van der Waals surface area contributed by atoms with Crippen LogP contribution in [-0.2, 0) is 6.54 Å². The van der Waals surface area contributed by atoms with Crippen LogP contribution in [0.15, 0.2) is 22.9 Å². The molecule has 0 atom stereocenters. The van der Waals surface area contributed by atoms with E-state index in [0.29, 0.717) is 12.6 Å². The van der Waals surface area contributed by atoms with Gasteiger partial charge in [0.15, 0.2) is 5.78 Å². The van der Waals surface area contributed by atoms with Crippen molar-refractivity contribution in [1.82, 2.24) is 9.88 Å². The van der Waals surface area contributed by atoms with E-state index in [1.807, 2.05) is 19.9 Å². The van der Waals surface area contributed by atoms with Crippen molar-refractivity contribution in [3.05, 3.63) is 45.4 Å². The van der Waals surface area contributed by atoms with E-state index < -0.39 is 0 Å². The van der Waals surface area contributed by atoms with Gasteiger partial charge < -0.3 is 4.98 Å². The van der Waals surface area contributed by atoms with Crippen LogP contribution in [0.5, 0.6) is 0 Å². The number of hydrogen-bond donors (Lipinski definition) is 1. The minimum atomic E-state index is 0.231. The van der Waals surface area contributed by atoms with Gasteiger partial charge in [0.05, 0.1) is 6.54 Å². The Morgan fingerprint density at radius 3 is 2.80 bits per heavy atom. The van der Waals surface area contributed by atoms with Gasteiger partial charge in [0.2, 0.25) is 0 Å². The first-order valence-corrected chi connectivity index (χ1v) is 8.02. The fraction of sp³-hybridized carbons (Fsp3) is 0.438. The Morgan fingerprint density at radius 1 is 1.45 bits per heavy atom. The topological polar surface area (TPSA) is 36.1 Å². The van der Waals surface area contributed by atoms with Gasteiger partial charge in [-0.25, -0.2) is 0 Å². The lowest BCUT2D eigenvalue weighted by Gasteiger charge is -2.20. The van der Waals surface area contributed by atoms with E-state index in [4.69, 9.17) is 0 Å². The molecule has 0 amide bonds. The molecule has 0 unspecified atom stereocenters. The summed E-state index contributed by atoms with van der Waals surface area (Å²) in [5.74, 6) is 0.231. The number of ketones is 1. The van der Waals surface area contributed by atoms with Crippen LogP contribution in [0.4, 0.5) is 0 Å². The Labute approximate surface area is 123 Å². The quantitative estimate of drug-likeness (QED) is 0.825. The summed E-state index contributed by atoms with van der Waals surface area (Å²) in [6.07, 6.45) is 2.45. The van der Waals surface area contributed by atoms with Gasteiger partial charge in [-0.1, -0.05) is 0 Å². The second kappa shape index (κ2) is 5.54. The predicted molar refractivity (Wildman–Crippen MR) is 82.3 cm³/mol. The van der Waals surface area contributed by atoms with Crippen LogP contribution in [0.2, 0.25) is 0 Å². The van der Waals surface area contributed by atoms with Crippen molar-refractivity contribution in [2.75, 3.05) is 6.54 Å². The second-order valence-corrected chi connectivity index (χ2v) is 6.46. The first-order chi connectivity index (χ1) is 9.63. The van der Waals surface area contributed by atoms with Gasteiger partial charge in [-0.2, -0.15) is 11.3 Å². The molecule has 1 aliphatic rings. The lowest BCUT2D eigenvalue weighted by Crippen LogP contribution is -2.31. The zero-order valence-electron chi connectivity index (χ0n) is 12.0. The lowest BCUT2D eigenvalue weighted by atomic mass is 10.1. The average Bonchev–Trinajstić information content (AvgIpc) is 3.02. The van der Waals surface area contributed by atoms with Crippen molar-refractivity contribution in [2.24, 2.45) is 0 Å². The van der Waals surface area contributed by atoms with Crippen molar-refractivity contribution in [1.29, 1.82) is 0 Å². The zero-order valence-corrected chi connectivity index (χ0v) is 12.8. The molecule has 4 heteroatoms. The summed E-state index contributed by atoms with van der Waals surface area (Å²) < 4.78 is 0. The van der Waals surface area contributed by atoms with Gasteiger partial charge in [0.1, 0.15) is 0 Å². The zero-order chi connectivity index (χ0) is 14.1. The van der Waals surface area contributed by atoms with E-state index >= 15 is 0 Å². The van der Waals surface area contributed by atoms with Crippen LogP contribution in [0, 0.1) is 13.8 Å². The van der Waals surface area contributed by atoms with Gasteiger partial charge >= 0.3 is 0 Å². The lowest BCUT2D eigenvalue weighted by molar-refractivity contribution is 0.0919. The number of carbonyl (C=O) groups is 1. The van der Waals surface area contributed by atoms with E-state index in [1.165, 1.54) is 18.4 Å². The Balaban J connectivity index is 1.70. The standard InChI is InChI=1S/C16H20N2OS/c1-11-7-15(12(2)17-11)16(19)9-18(14-3-4-14)8-13-5-6-20-10-13/h5-7,10,14,17H,3-4,8-9H2,1-2H3. The molecule has 1 aliphatic carbocycles. The first-order valence-electron chi connectivity index (χ1n) is 7.08. The SMILES string of the molecule is Cc1cc(C(=O)CN(Cc2ccsc2)C2CC2)c(C)[nH]1. The minimum Gasteiger partial charge on any atom is -0.362 e. The van der Waals surface area contributed by atoms with Crippen LogP contribution in [0.25, 0.3) is 0 Å². The number of nitrogens with zero attached hydrogens (tertiary/aromatic N) is 1. The number of aryl methyl sites for hydroxylation is 2. The number of H-pyrrole nitrogens is 1. The third-order valence-corrected chi connectivity index (χ3v) is 4.56. The molecular weight excluding hydrogens is 268 g/mol. The van der Waals surface area contributed by atoms with E-state index in [2.05, 4.69) is 26.7 Å². The molecule has 2 heterocycles. The fourth-order valence-corrected chi connectivity index (χ4v) is 3.31. The Morgan fingerprint density at radius 2 is 2.25 bits per heavy atom. The summed E-state index contributed by atoms with van der Waals surface area (Å²) in [5, 5.41) is 4.27. The summed E-state index contributed by atoms with van der Waals surface area (Å²) in [4.78, 5) is 18.0. The molecule has 2 aromatic heterocycles. The number of nitrogens with one attached hydrogen (secondary N) is 1. The maximum Gasteiger partial charge on any atom is 0.178 e. The van der Waals surface area contributed by atoms with E-state index in [-0.39, 0.29) is 5.78 Å². The molecule has 20 heavy (non-hydrogen) atoms. The van der Waals surface area contributed by atoms with Gasteiger partial charge in [-0.05, 0) is 55.1 Å². The molecule has 0 radical (unpaired) electrons. The molecule has 0 saturated heterocycles. The van der Waals surface area contributed by atoms with Crippen LogP contribution in [0.1, 0.15) is 40.2 Å². The number of carbonyl (C=O) groups excluding carboxylic acids is 1. The van der Waals surface area contributed by atoms with Crippen molar-refractivity contribution >= 4 is 17.1 Å². The summed E-state index contributed by atoms with van der Waals surface area (Å²) in [5.41, 5.74) is 4.20. The first kappa shape index (κ1) is 13.6. The van der Waals surface area contributed by atoms with E-state index in [0.717, 1.165) is 23.5 Å². The van der Waals surface area contributed by atoms with Crippen molar-refractivity contribution in [3.63, 3.8) is 0 Å². The number of Topliss-reactive ketones (excluding diaryl/α,β-unsaturated/α-hetero) is 1. The largest absolute Gasteiger partial charge is 0.362 e. The summed E-state index contributed by atoms with van der Waals surface area (Å²) >= 11 is 1.72. The molecule has 1 fully saturated rings. The average molecular weight is 288 g/mol. The molecule has 1 saturated carbocycles. The molecule has 3 nitrogen and oxygen atoms in total. The fourth-order valence-electron chi connectivity index (χ4n) is 2.65. The molecule has 0 aromatic carbocycles. The van der Waals surface area contributed by atoms with Crippen LogP contribution in [-0.4, -0.2) is 28.3 Å². The van der Waals surface area contributed by atoms with Gasteiger partial charge in [0.25, 0.3) is 0 Å². The Bertz CT molecular complexity index is 596. The molecule has 2 aromatic rings. The Kier molecular flexibility index (Phi) is 3.76. The number of hydrogen-bond acceptors (Lipinski definition) is 3. The highest BCUT2D eigenvalue weighted by Crippen LogP contribution is 2.29. The number of rotatable bonds is 6. The molecule has 3 rings (SSSR count). The molecule has 106 valence electrons. The highest BCUT2D eigenvalue weighted by Gasteiger charge is 2.30. The predicted octanol–water partition coefficient (Wildman–Crippen LogP) is 3.54. The van der Waals surface area contributed by atoms with Gasteiger partial charge in [-0.3, -0.25) is 9.69 Å². The number of aromatic amines is 1. The number of aromatic nitrogens is 1. The summed E-state index contributed by atoms with van der Waals surface area (Å²) in [7, 11) is 0. The molecular formula is C16H20N2OS. The normalized spacial score (nSPS) is 14.9. The Hall–Kier alpha value is -1.39. The smallest absolute Gasteiger partial charge is 0.178 e.